The molecule has 0 unspecified atom stereocenters. The molecule has 1 aromatic rings. The molecule has 1 aliphatic rings. The highest BCUT2D eigenvalue weighted by Gasteiger charge is 2.37. The molecule has 0 bridgehead atoms. The summed E-state index contributed by atoms with van der Waals surface area (Å²) in [6.07, 6.45) is 4.25. The highest BCUT2D eigenvalue weighted by molar-refractivity contribution is 5.32. The van der Waals surface area contributed by atoms with Gasteiger partial charge in [0.2, 0.25) is 11.8 Å². The highest BCUT2D eigenvalue weighted by Crippen LogP contribution is 2.41. The van der Waals surface area contributed by atoms with Gasteiger partial charge in [-0.1, -0.05) is 6.42 Å². The summed E-state index contributed by atoms with van der Waals surface area (Å²) in [6, 6.07) is 0. The minimum atomic E-state index is -0.574. The number of nitrogens with zero attached hydrogens (tertiary/aromatic N) is 3. The van der Waals surface area contributed by atoms with Crippen LogP contribution in [0.25, 0.3) is 0 Å². The van der Waals surface area contributed by atoms with Crippen molar-refractivity contribution in [2.45, 2.75) is 19.3 Å². The maximum atomic E-state index is 13.2. The molecule has 1 heterocycles. The monoisotopic (exact) mass is 255 g/mol. The highest BCUT2D eigenvalue weighted by atomic mass is 19.1. The van der Waals surface area contributed by atoms with Crippen molar-refractivity contribution in [2.24, 2.45) is 5.41 Å². The number of methoxy groups -OCH3 is 1. The van der Waals surface area contributed by atoms with Crippen LogP contribution in [-0.4, -0.2) is 42.4 Å². The van der Waals surface area contributed by atoms with Crippen molar-refractivity contribution in [2.75, 3.05) is 32.2 Å². The molecule has 5 nitrogen and oxygen atoms in total. The van der Waals surface area contributed by atoms with Crippen LogP contribution in [0.1, 0.15) is 19.3 Å². The third-order valence-electron chi connectivity index (χ3n) is 3.56. The number of hydrogen-bond donors (Lipinski definition) is 1. The SMILES string of the molecule is COc1nc(N(C)CC2(CO)CCC2)ncc1F. The van der Waals surface area contributed by atoms with Crippen LogP contribution >= 0.6 is 0 Å². The topological polar surface area (TPSA) is 58.5 Å². The van der Waals surface area contributed by atoms with E-state index in [2.05, 4.69) is 9.97 Å². The van der Waals surface area contributed by atoms with Gasteiger partial charge in [-0.25, -0.2) is 4.98 Å². The summed E-state index contributed by atoms with van der Waals surface area (Å²) >= 11 is 0. The first-order valence-corrected chi connectivity index (χ1v) is 5.99. The van der Waals surface area contributed by atoms with Gasteiger partial charge in [-0.05, 0) is 12.8 Å². The van der Waals surface area contributed by atoms with E-state index in [-0.39, 0.29) is 17.9 Å². The van der Waals surface area contributed by atoms with Crippen molar-refractivity contribution in [3.63, 3.8) is 0 Å². The van der Waals surface area contributed by atoms with Gasteiger partial charge in [-0.2, -0.15) is 9.37 Å². The van der Waals surface area contributed by atoms with Gasteiger partial charge in [0.15, 0.2) is 0 Å². The van der Waals surface area contributed by atoms with Crippen LogP contribution in [0.5, 0.6) is 5.88 Å². The summed E-state index contributed by atoms with van der Waals surface area (Å²) in [5, 5.41) is 9.43. The van der Waals surface area contributed by atoms with E-state index in [1.807, 2.05) is 11.9 Å². The Morgan fingerprint density at radius 2 is 2.28 bits per heavy atom. The first-order chi connectivity index (χ1) is 8.60. The Labute approximate surface area is 106 Å². The molecule has 0 amide bonds. The van der Waals surface area contributed by atoms with Crippen molar-refractivity contribution in [1.29, 1.82) is 0 Å². The summed E-state index contributed by atoms with van der Waals surface area (Å²) in [6.45, 7) is 0.827. The van der Waals surface area contributed by atoms with Gasteiger partial charge in [0.05, 0.1) is 19.9 Å². The van der Waals surface area contributed by atoms with Gasteiger partial charge >= 0.3 is 0 Å². The number of hydrogen-bond acceptors (Lipinski definition) is 5. The van der Waals surface area contributed by atoms with Gasteiger partial charge < -0.3 is 14.7 Å². The van der Waals surface area contributed by atoms with E-state index >= 15 is 0 Å². The lowest BCUT2D eigenvalue weighted by molar-refractivity contribution is 0.0521. The lowest BCUT2D eigenvalue weighted by atomic mass is 9.69. The molecular weight excluding hydrogens is 237 g/mol. The number of anilines is 1. The van der Waals surface area contributed by atoms with Gasteiger partial charge in [-0.3, -0.25) is 0 Å². The molecule has 0 saturated heterocycles. The Kier molecular flexibility index (Phi) is 3.65. The van der Waals surface area contributed by atoms with E-state index in [1.54, 1.807) is 0 Å². The first-order valence-electron chi connectivity index (χ1n) is 5.99. The van der Waals surface area contributed by atoms with Gasteiger partial charge in [-0.15, -0.1) is 0 Å². The van der Waals surface area contributed by atoms with Crippen molar-refractivity contribution in [3.05, 3.63) is 12.0 Å². The summed E-state index contributed by atoms with van der Waals surface area (Å²) in [5.74, 6) is -0.221. The molecule has 0 radical (unpaired) electrons. The quantitative estimate of drug-likeness (QED) is 0.857. The molecule has 1 aliphatic carbocycles. The van der Waals surface area contributed by atoms with Crippen LogP contribution in [0.3, 0.4) is 0 Å². The molecule has 1 saturated carbocycles. The number of aliphatic hydroxyl groups is 1. The Balaban J connectivity index is 2.11. The lowest BCUT2D eigenvalue weighted by Gasteiger charge is -2.42. The predicted octanol–water partition coefficient (Wildman–Crippen LogP) is 1.22. The van der Waals surface area contributed by atoms with Crippen molar-refractivity contribution in [3.8, 4) is 5.88 Å². The summed E-state index contributed by atoms with van der Waals surface area (Å²) in [7, 11) is 3.21. The second kappa shape index (κ2) is 5.06. The zero-order valence-corrected chi connectivity index (χ0v) is 10.7. The minimum Gasteiger partial charge on any atom is -0.479 e. The molecule has 100 valence electrons. The van der Waals surface area contributed by atoms with Crippen LogP contribution in [0.15, 0.2) is 6.20 Å². The third kappa shape index (κ3) is 2.38. The van der Waals surface area contributed by atoms with Crippen molar-refractivity contribution >= 4 is 5.95 Å². The van der Waals surface area contributed by atoms with E-state index in [0.29, 0.717) is 12.5 Å². The fourth-order valence-corrected chi connectivity index (χ4v) is 2.29. The Morgan fingerprint density at radius 1 is 1.56 bits per heavy atom. The standard InChI is InChI=1S/C12H18FN3O2/c1-16(7-12(8-17)4-3-5-12)11-14-6-9(13)10(15-11)18-2/h6,17H,3-5,7-8H2,1-2H3. The van der Waals surface area contributed by atoms with Crippen LogP contribution in [-0.2, 0) is 0 Å². The van der Waals surface area contributed by atoms with Crippen molar-refractivity contribution in [1.82, 2.24) is 9.97 Å². The maximum Gasteiger partial charge on any atom is 0.255 e. The minimum absolute atomic E-state index is 0.0558. The van der Waals surface area contributed by atoms with E-state index < -0.39 is 5.82 Å². The Bertz CT molecular complexity index is 418. The Morgan fingerprint density at radius 3 is 2.78 bits per heavy atom. The zero-order chi connectivity index (χ0) is 13.2. The van der Waals surface area contributed by atoms with Crippen molar-refractivity contribution < 1.29 is 14.2 Å². The first kappa shape index (κ1) is 13.0. The fourth-order valence-electron chi connectivity index (χ4n) is 2.29. The molecule has 1 fully saturated rings. The van der Waals surface area contributed by atoms with E-state index in [1.165, 1.54) is 7.11 Å². The summed E-state index contributed by atoms with van der Waals surface area (Å²) in [4.78, 5) is 9.78. The van der Waals surface area contributed by atoms with Gasteiger partial charge in [0, 0.05) is 19.0 Å². The zero-order valence-electron chi connectivity index (χ0n) is 10.7. The number of aliphatic hydroxyl groups excluding tert-OH is 1. The Hall–Kier alpha value is -1.43. The second-order valence-corrected chi connectivity index (χ2v) is 4.89. The molecule has 1 aromatic heterocycles. The molecule has 0 aromatic carbocycles. The predicted molar refractivity (Wildman–Crippen MR) is 65.2 cm³/mol. The normalized spacial score (nSPS) is 17.1. The maximum absolute atomic E-state index is 13.2. The molecule has 0 aliphatic heterocycles. The molecule has 2 rings (SSSR count). The van der Waals surface area contributed by atoms with Crippen LogP contribution in [0.2, 0.25) is 0 Å². The second-order valence-electron chi connectivity index (χ2n) is 4.89. The molecule has 0 atom stereocenters. The molecular formula is C12H18FN3O2. The molecule has 1 N–H and O–H groups in total. The molecule has 6 heteroatoms. The van der Waals surface area contributed by atoms with Crippen LogP contribution in [0, 0.1) is 11.2 Å². The van der Waals surface area contributed by atoms with Gasteiger partial charge in [0.1, 0.15) is 0 Å². The molecule has 0 spiro atoms. The summed E-state index contributed by atoms with van der Waals surface area (Å²) < 4.78 is 18.0. The number of ether oxygens (including phenoxy) is 1. The van der Waals surface area contributed by atoms with Gasteiger partial charge in [0.25, 0.3) is 5.88 Å². The lowest BCUT2D eigenvalue weighted by Crippen LogP contribution is -2.44. The largest absolute Gasteiger partial charge is 0.479 e. The number of halogens is 1. The average molecular weight is 255 g/mol. The van der Waals surface area contributed by atoms with Crippen LogP contribution in [0.4, 0.5) is 10.3 Å². The number of rotatable bonds is 5. The number of aromatic nitrogens is 2. The molecule has 18 heavy (non-hydrogen) atoms. The third-order valence-corrected chi connectivity index (χ3v) is 3.56. The van der Waals surface area contributed by atoms with E-state index in [9.17, 15) is 9.50 Å². The average Bonchev–Trinajstić information content (AvgIpc) is 2.34. The smallest absolute Gasteiger partial charge is 0.255 e. The van der Waals surface area contributed by atoms with E-state index in [4.69, 9.17) is 4.74 Å². The fraction of sp³-hybridized carbons (Fsp3) is 0.667. The van der Waals surface area contributed by atoms with E-state index in [0.717, 1.165) is 25.5 Å². The summed E-state index contributed by atoms with van der Waals surface area (Å²) in [5.41, 5.74) is -0.0558. The van der Waals surface area contributed by atoms with Crippen LogP contribution < -0.4 is 9.64 Å².